The Labute approximate surface area is 140 Å². The van der Waals surface area contributed by atoms with Gasteiger partial charge in [0.05, 0.1) is 17.6 Å². The lowest BCUT2D eigenvalue weighted by atomic mass is 10.0. The number of rotatable bonds is 7. The van der Waals surface area contributed by atoms with Gasteiger partial charge in [-0.3, -0.25) is 0 Å². The molecule has 2 rings (SSSR count). The Kier molecular flexibility index (Phi) is 6.15. The van der Waals surface area contributed by atoms with Crippen molar-refractivity contribution in [2.24, 2.45) is 0 Å². The predicted molar refractivity (Wildman–Crippen MR) is 88.7 cm³/mol. The Hall–Kier alpha value is -1.44. The average molecular weight is 356 g/mol. The molecule has 0 radical (unpaired) electrons. The molecule has 0 saturated heterocycles. The van der Waals surface area contributed by atoms with Crippen LogP contribution in [0.1, 0.15) is 18.1 Å². The lowest BCUT2D eigenvalue weighted by Gasteiger charge is -2.20. The summed E-state index contributed by atoms with van der Waals surface area (Å²) in [7, 11) is -3.83. The highest BCUT2D eigenvalue weighted by atomic mass is 35.5. The molecule has 23 heavy (non-hydrogen) atoms. The molecule has 0 bridgehead atoms. The van der Waals surface area contributed by atoms with Crippen molar-refractivity contribution in [1.29, 1.82) is 0 Å². The van der Waals surface area contributed by atoms with Crippen LogP contribution in [0.4, 0.5) is 0 Å². The number of sulfonamides is 1. The Bertz CT molecular complexity index is 737. The topological polar surface area (TPSA) is 86.6 Å². The number of hydrogen-bond donors (Lipinski definition) is 3. The molecule has 7 heteroatoms. The second kappa shape index (κ2) is 7.90. The van der Waals surface area contributed by atoms with Crippen LogP contribution in [0.5, 0.6) is 0 Å². The summed E-state index contributed by atoms with van der Waals surface area (Å²) < 4.78 is 27.0. The van der Waals surface area contributed by atoms with E-state index in [9.17, 15) is 18.6 Å². The van der Waals surface area contributed by atoms with Crippen molar-refractivity contribution in [2.75, 3.05) is 6.61 Å². The van der Waals surface area contributed by atoms with E-state index in [2.05, 4.69) is 4.72 Å². The van der Waals surface area contributed by atoms with Crippen molar-refractivity contribution in [3.63, 3.8) is 0 Å². The van der Waals surface area contributed by atoms with E-state index >= 15 is 0 Å². The van der Waals surface area contributed by atoms with Crippen LogP contribution in [0.2, 0.25) is 5.02 Å². The zero-order valence-electron chi connectivity index (χ0n) is 12.3. The van der Waals surface area contributed by atoms with Crippen LogP contribution in [0.3, 0.4) is 0 Å². The Balaban J connectivity index is 2.10. The molecule has 0 unspecified atom stereocenters. The maximum absolute atomic E-state index is 12.3. The Morgan fingerprint density at radius 3 is 2.39 bits per heavy atom. The molecule has 124 valence electrons. The summed E-state index contributed by atoms with van der Waals surface area (Å²) >= 11 is 5.80. The van der Waals surface area contributed by atoms with Gasteiger partial charge in [-0.25, -0.2) is 13.1 Å². The van der Waals surface area contributed by atoms with Crippen LogP contribution < -0.4 is 4.72 Å². The van der Waals surface area contributed by atoms with Crippen molar-refractivity contribution < 1.29 is 18.6 Å². The smallest absolute Gasteiger partial charge is 0.240 e. The third-order valence-electron chi connectivity index (χ3n) is 3.34. The van der Waals surface area contributed by atoms with Gasteiger partial charge in [-0.2, -0.15) is 0 Å². The fraction of sp³-hybridized carbons (Fsp3) is 0.250. The van der Waals surface area contributed by atoms with Gasteiger partial charge in [0.2, 0.25) is 10.0 Å². The quantitative estimate of drug-likeness (QED) is 0.710. The summed E-state index contributed by atoms with van der Waals surface area (Å²) in [6, 6.07) is 13.9. The van der Waals surface area contributed by atoms with Crippen LogP contribution in [0.15, 0.2) is 59.5 Å². The van der Waals surface area contributed by atoms with E-state index in [1.807, 2.05) is 6.07 Å². The van der Waals surface area contributed by atoms with Gasteiger partial charge >= 0.3 is 0 Å². The van der Waals surface area contributed by atoms with E-state index in [4.69, 9.17) is 11.6 Å². The number of nitrogens with one attached hydrogen (secondary N) is 1. The molecule has 2 aromatic rings. The van der Waals surface area contributed by atoms with E-state index in [-0.39, 0.29) is 11.3 Å². The van der Waals surface area contributed by atoms with Gasteiger partial charge < -0.3 is 10.2 Å². The van der Waals surface area contributed by atoms with Crippen LogP contribution in [0, 0.1) is 0 Å². The SMILES string of the molecule is O=S(=O)(N[C@H](CO)C[C@H](O)c1ccccc1)c1cccc(Cl)c1. The third kappa shape index (κ3) is 5.02. The maximum Gasteiger partial charge on any atom is 0.240 e. The fourth-order valence-corrected chi connectivity index (χ4v) is 3.70. The third-order valence-corrected chi connectivity index (χ3v) is 5.09. The van der Waals surface area contributed by atoms with Crippen LogP contribution >= 0.6 is 11.6 Å². The molecule has 0 saturated carbocycles. The fourth-order valence-electron chi connectivity index (χ4n) is 2.16. The number of aliphatic hydroxyl groups is 2. The molecule has 0 aromatic heterocycles. The van der Waals surface area contributed by atoms with Crippen molar-refractivity contribution in [3.05, 3.63) is 65.2 Å². The summed E-state index contributed by atoms with van der Waals surface area (Å²) in [5.74, 6) is 0. The van der Waals surface area contributed by atoms with Crippen LogP contribution in [-0.4, -0.2) is 31.3 Å². The minimum Gasteiger partial charge on any atom is -0.395 e. The highest BCUT2D eigenvalue weighted by Gasteiger charge is 2.22. The maximum atomic E-state index is 12.3. The van der Waals surface area contributed by atoms with E-state index in [0.717, 1.165) is 0 Å². The van der Waals surface area contributed by atoms with Crippen molar-refractivity contribution >= 4 is 21.6 Å². The van der Waals surface area contributed by atoms with Gasteiger partial charge in [0.15, 0.2) is 0 Å². The number of hydrogen-bond acceptors (Lipinski definition) is 4. The van der Waals surface area contributed by atoms with E-state index in [1.54, 1.807) is 30.3 Å². The molecule has 2 atom stereocenters. The summed E-state index contributed by atoms with van der Waals surface area (Å²) in [4.78, 5) is 0.0117. The van der Waals surface area contributed by atoms with E-state index in [1.165, 1.54) is 18.2 Å². The van der Waals surface area contributed by atoms with Gasteiger partial charge in [0.25, 0.3) is 0 Å². The first-order chi connectivity index (χ1) is 10.9. The van der Waals surface area contributed by atoms with Gasteiger partial charge in [-0.05, 0) is 30.2 Å². The summed E-state index contributed by atoms with van der Waals surface area (Å²) in [5.41, 5.74) is 0.660. The first-order valence-electron chi connectivity index (χ1n) is 7.04. The highest BCUT2D eigenvalue weighted by Crippen LogP contribution is 2.20. The number of aliphatic hydroxyl groups excluding tert-OH is 2. The second-order valence-corrected chi connectivity index (χ2v) is 7.27. The molecular weight excluding hydrogens is 338 g/mol. The molecule has 0 fully saturated rings. The molecule has 0 amide bonds. The number of benzene rings is 2. The molecule has 5 nitrogen and oxygen atoms in total. The largest absolute Gasteiger partial charge is 0.395 e. The minimum atomic E-state index is -3.83. The van der Waals surface area contributed by atoms with Gasteiger partial charge in [-0.15, -0.1) is 0 Å². The molecule has 0 heterocycles. The molecule has 2 aromatic carbocycles. The van der Waals surface area contributed by atoms with Gasteiger partial charge in [0.1, 0.15) is 0 Å². The van der Waals surface area contributed by atoms with E-state index < -0.39 is 28.8 Å². The van der Waals surface area contributed by atoms with Crippen molar-refractivity contribution in [3.8, 4) is 0 Å². The minimum absolute atomic E-state index is 0.0117. The molecule has 0 aliphatic carbocycles. The summed E-state index contributed by atoms with van der Waals surface area (Å²) in [6.45, 7) is -0.427. The predicted octanol–water partition coefficient (Wildman–Crippen LogP) is 2.10. The number of halogens is 1. The lowest BCUT2D eigenvalue weighted by Crippen LogP contribution is -2.38. The van der Waals surface area contributed by atoms with Gasteiger partial charge in [0, 0.05) is 11.1 Å². The highest BCUT2D eigenvalue weighted by molar-refractivity contribution is 7.89. The first kappa shape index (κ1) is 17.9. The molecule has 3 N–H and O–H groups in total. The molecular formula is C16H18ClNO4S. The lowest BCUT2D eigenvalue weighted by molar-refractivity contribution is 0.136. The summed E-state index contributed by atoms with van der Waals surface area (Å²) in [6.07, 6.45) is -0.823. The monoisotopic (exact) mass is 355 g/mol. The van der Waals surface area contributed by atoms with E-state index in [0.29, 0.717) is 10.6 Å². The normalized spacial score (nSPS) is 14.4. The second-order valence-electron chi connectivity index (χ2n) is 5.12. The zero-order valence-corrected chi connectivity index (χ0v) is 13.8. The molecule has 0 aliphatic heterocycles. The Morgan fingerprint density at radius 1 is 1.09 bits per heavy atom. The van der Waals surface area contributed by atoms with Crippen molar-refractivity contribution in [1.82, 2.24) is 4.72 Å². The standard InChI is InChI=1S/C16H18ClNO4S/c17-13-7-4-8-15(9-13)23(21,22)18-14(11-19)10-16(20)12-5-2-1-3-6-12/h1-9,14,16,18-20H,10-11H2/t14-,16-/m0/s1. The van der Waals surface area contributed by atoms with Gasteiger partial charge in [-0.1, -0.05) is 48.0 Å². The average Bonchev–Trinajstić information content (AvgIpc) is 2.54. The van der Waals surface area contributed by atoms with Crippen LogP contribution in [-0.2, 0) is 10.0 Å². The summed E-state index contributed by atoms with van der Waals surface area (Å²) in [5, 5.41) is 19.9. The molecule has 0 aliphatic rings. The molecule has 0 spiro atoms. The van der Waals surface area contributed by atoms with Crippen molar-refractivity contribution in [2.45, 2.75) is 23.5 Å². The Morgan fingerprint density at radius 2 is 1.78 bits per heavy atom. The van der Waals surface area contributed by atoms with Crippen LogP contribution in [0.25, 0.3) is 0 Å². The first-order valence-corrected chi connectivity index (χ1v) is 8.90. The zero-order chi connectivity index (χ0) is 16.9.